The van der Waals surface area contributed by atoms with Crippen molar-refractivity contribution in [2.24, 2.45) is 11.3 Å². The first-order chi connectivity index (χ1) is 18.8. The van der Waals surface area contributed by atoms with Gasteiger partial charge in [-0.2, -0.15) is 5.26 Å². The smallest absolute Gasteiger partial charge is 0.466 e. The third kappa shape index (κ3) is 17.7. The number of rotatable bonds is 21. The van der Waals surface area contributed by atoms with E-state index in [1.165, 1.54) is 32.1 Å². The number of nitrogens with one attached hydrogen (secondary N) is 1. The lowest BCUT2D eigenvalue weighted by molar-refractivity contribution is -0.145. The Morgan fingerprint density at radius 2 is 1.54 bits per heavy atom. The molecule has 1 aliphatic rings. The van der Waals surface area contributed by atoms with Crippen molar-refractivity contribution in [3.05, 3.63) is 0 Å². The number of carbonyl (C=O) groups is 2. The largest absolute Gasteiger partial charge is 0.474 e. The topological polar surface area (TPSA) is 164 Å². The molecule has 1 saturated carbocycles. The molecule has 0 radical (unpaired) electrons. The molecule has 1 unspecified atom stereocenters. The summed E-state index contributed by atoms with van der Waals surface area (Å²) in [5, 5.41) is 30.4. The van der Waals surface area contributed by atoms with Gasteiger partial charge in [-0.15, -0.1) is 0 Å². The van der Waals surface area contributed by atoms with Crippen molar-refractivity contribution in [1.29, 1.82) is 5.26 Å². The molecule has 226 valence electrons. The highest BCUT2D eigenvalue weighted by atomic mass is 31.2. The maximum Gasteiger partial charge on any atom is 0.474 e. The molecule has 39 heavy (non-hydrogen) atoms. The maximum atomic E-state index is 12.8. The van der Waals surface area contributed by atoms with Gasteiger partial charge in [0.2, 0.25) is 5.91 Å². The number of phosphoric ester groups is 1. The number of carbonyl (C=O) groups excluding carboxylic acids is 2. The van der Waals surface area contributed by atoms with Crippen LogP contribution in [0.25, 0.3) is 0 Å². The Bertz CT molecular complexity index is 763. The third-order valence-corrected chi connectivity index (χ3v) is 8.16. The number of ether oxygens (including phenoxy) is 1. The number of hydrogen-bond donors (Lipinski definition) is 3. The van der Waals surface area contributed by atoms with Gasteiger partial charge in [-0.25, -0.2) is 4.57 Å². The van der Waals surface area contributed by atoms with E-state index in [2.05, 4.69) is 5.32 Å². The van der Waals surface area contributed by atoms with E-state index in [-0.39, 0.29) is 70.8 Å². The van der Waals surface area contributed by atoms with Gasteiger partial charge < -0.3 is 20.3 Å². The first kappa shape index (κ1) is 35.5. The Balaban J connectivity index is 2.15. The van der Waals surface area contributed by atoms with Crippen molar-refractivity contribution in [3.63, 3.8) is 0 Å². The monoisotopic (exact) mass is 576 g/mol. The first-order valence-corrected chi connectivity index (χ1v) is 15.8. The van der Waals surface area contributed by atoms with Crippen LogP contribution in [0.15, 0.2) is 0 Å². The zero-order chi connectivity index (χ0) is 28.8. The van der Waals surface area contributed by atoms with Gasteiger partial charge in [-0.1, -0.05) is 45.4 Å². The van der Waals surface area contributed by atoms with E-state index in [9.17, 15) is 24.4 Å². The summed E-state index contributed by atoms with van der Waals surface area (Å²) in [5.74, 6) is 0.0458. The molecule has 0 bridgehead atoms. The summed E-state index contributed by atoms with van der Waals surface area (Å²) in [7, 11) is -3.95. The van der Waals surface area contributed by atoms with E-state index in [4.69, 9.17) is 23.6 Å². The molecule has 0 spiro atoms. The molecule has 0 heterocycles. The second kappa shape index (κ2) is 21.2. The Morgan fingerprint density at radius 3 is 2.18 bits per heavy atom. The van der Waals surface area contributed by atoms with Crippen LogP contribution in [0.2, 0.25) is 0 Å². The van der Waals surface area contributed by atoms with Crippen molar-refractivity contribution in [2.45, 2.75) is 96.8 Å². The molecule has 1 atom stereocenters. The van der Waals surface area contributed by atoms with Crippen molar-refractivity contribution in [1.82, 2.24) is 5.32 Å². The van der Waals surface area contributed by atoms with Crippen LogP contribution in [0.1, 0.15) is 96.8 Å². The van der Waals surface area contributed by atoms with Crippen LogP contribution in [-0.2, 0) is 32.5 Å². The highest BCUT2D eigenvalue weighted by Gasteiger charge is 2.32. The van der Waals surface area contributed by atoms with E-state index in [0.717, 1.165) is 25.7 Å². The number of nitriles is 1. The Labute approximate surface area is 233 Å². The zero-order valence-corrected chi connectivity index (χ0v) is 24.5. The molecule has 0 aromatic rings. The van der Waals surface area contributed by atoms with Gasteiger partial charge >= 0.3 is 13.8 Å². The molecule has 1 aliphatic carbocycles. The van der Waals surface area contributed by atoms with E-state index < -0.39 is 13.2 Å². The Kier molecular flexibility index (Phi) is 19.3. The van der Waals surface area contributed by atoms with Gasteiger partial charge in [0.1, 0.15) is 0 Å². The molecular weight excluding hydrogens is 527 g/mol. The van der Waals surface area contributed by atoms with Crippen LogP contribution in [0.5, 0.6) is 0 Å². The van der Waals surface area contributed by atoms with Crippen molar-refractivity contribution < 1.29 is 42.7 Å². The van der Waals surface area contributed by atoms with Crippen LogP contribution in [0, 0.1) is 22.7 Å². The molecule has 0 saturated heterocycles. The molecule has 1 fully saturated rings. The average Bonchev–Trinajstić information content (AvgIpc) is 2.91. The highest BCUT2D eigenvalue weighted by molar-refractivity contribution is 7.48. The minimum absolute atomic E-state index is 0.0117. The molecule has 1 rings (SSSR count). The fraction of sp³-hybridized carbons (Fsp3) is 0.889. The number of amides is 1. The number of phosphoric acid groups is 1. The van der Waals surface area contributed by atoms with Gasteiger partial charge in [0.15, 0.2) is 0 Å². The number of aliphatic hydroxyl groups is 2. The molecule has 0 aromatic heterocycles. The Hall–Kier alpha value is -1.54. The van der Waals surface area contributed by atoms with Gasteiger partial charge in [-0.05, 0) is 38.0 Å². The van der Waals surface area contributed by atoms with Crippen molar-refractivity contribution >= 4 is 19.7 Å². The normalized spacial score (nSPS) is 16.5. The summed E-state index contributed by atoms with van der Waals surface area (Å²) >= 11 is 0. The summed E-state index contributed by atoms with van der Waals surface area (Å²) in [5.41, 5.74) is -1.01. The summed E-state index contributed by atoms with van der Waals surface area (Å²) in [4.78, 5) is 24.0. The maximum absolute atomic E-state index is 12.8. The lowest BCUT2D eigenvalue weighted by Gasteiger charge is -2.26. The summed E-state index contributed by atoms with van der Waals surface area (Å²) in [6, 6.07) is 1.88. The predicted octanol–water partition coefficient (Wildman–Crippen LogP) is 4.41. The van der Waals surface area contributed by atoms with Crippen molar-refractivity contribution in [3.8, 4) is 6.07 Å². The summed E-state index contributed by atoms with van der Waals surface area (Å²) < 4.78 is 33.8. The van der Waals surface area contributed by atoms with Crippen LogP contribution in [0.3, 0.4) is 0 Å². The molecule has 3 N–H and O–H groups in total. The standard InChI is InChI=1S/C27H49N2O9P/c1-27(21-30,22-31)23-38-39(34,37-19-11-16-28)36-18-10-6-5-9-17-35-26(33)15-14-25(32)29-20-24-12-7-3-2-4-8-13-24/h24,30-31H,2-15,17-23H2,1H3,(H,29,32). The SMILES string of the molecule is CC(CO)(CO)COP(=O)(OCCC#N)OCCCCCCOC(=O)CCC(=O)NCC1CCCCCCC1. The Morgan fingerprint density at radius 1 is 0.923 bits per heavy atom. The lowest BCUT2D eigenvalue weighted by Crippen LogP contribution is -2.31. The van der Waals surface area contributed by atoms with Crippen molar-refractivity contribution in [2.75, 3.05) is 46.2 Å². The number of unbranched alkanes of at least 4 members (excludes halogenated alkanes) is 3. The number of esters is 1. The molecular formula is C27H49N2O9P. The van der Waals surface area contributed by atoms with E-state index in [1.807, 2.05) is 6.07 Å². The quantitative estimate of drug-likeness (QED) is 0.101. The van der Waals surface area contributed by atoms with Crippen LogP contribution in [-0.4, -0.2) is 68.3 Å². The fourth-order valence-electron chi connectivity index (χ4n) is 3.99. The van der Waals surface area contributed by atoms with Crippen LogP contribution in [0.4, 0.5) is 0 Å². The predicted molar refractivity (Wildman–Crippen MR) is 145 cm³/mol. The second-order valence-electron chi connectivity index (χ2n) is 10.6. The fourth-order valence-corrected chi connectivity index (χ4v) is 5.35. The number of nitrogens with zero attached hydrogens (tertiary/aromatic N) is 1. The van der Waals surface area contributed by atoms with Gasteiger partial charge in [0.05, 0.1) is 58.6 Å². The minimum atomic E-state index is -3.95. The molecule has 1 amide bonds. The number of hydrogen-bond acceptors (Lipinski definition) is 10. The van der Waals surface area contributed by atoms with E-state index in [1.54, 1.807) is 6.92 Å². The summed E-state index contributed by atoms with van der Waals surface area (Å²) in [6.07, 6.45) is 11.5. The molecule has 12 heteroatoms. The van der Waals surface area contributed by atoms with E-state index in [0.29, 0.717) is 25.3 Å². The van der Waals surface area contributed by atoms with Crippen LogP contribution >= 0.6 is 7.82 Å². The molecule has 0 aromatic carbocycles. The molecule has 0 aliphatic heterocycles. The minimum Gasteiger partial charge on any atom is -0.466 e. The van der Waals surface area contributed by atoms with E-state index >= 15 is 0 Å². The molecule has 11 nitrogen and oxygen atoms in total. The first-order valence-electron chi connectivity index (χ1n) is 14.3. The van der Waals surface area contributed by atoms with Gasteiger partial charge in [0, 0.05) is 18.4 Å². The van der Waals surface area contributed by atoms with Crippen LogP contribution < -0.4 is 5.32 Å². The second-order valence-corrected chi connectivity index (χ2v) is 12.2. The number of aliphatic hydroxyl groups excluding tert-OH is 2. The average molecular weight is 577 g/mol. The third-order valence-electron chi connectivity index (χ3n) is 6.72. The van der Waals surface area contributed by atoms with Gasteiger partial charge in [-0.3, -0.25) is 23.2 Å². The lowest BCUT2D eigenvalue weighted by atomic mass is 9.91. The zero-order valence-electron chi connectivity index (χ0n) is 23.6. The highest BCUT2D eigenvalue weighted by Crippen LogP contribution is 2.50. The van der Waals surface area contributed by atoms with Gasteiger partial charge in [0.25, 0.3) is 0 Å². The summed E-state index contributed by atoms with van der Waals surface area (Å²) in [6.45, 7) is 1.50.